The molecule has 1 aromatic carbocycles. The third kappa shape index (κ3) is 2.97. The first-order chi connectivity index (χ1) is 7.90. The quantitative estimate of drug-likeness (QED) is 0.834. The summed E-state index contributed by atoms with van der Waals surface area (Å²) in [6.45, 7) is 7.81. The molecule has 2 rings (SSSR count). The molecule has 0 spiro atoms. The maximum Gasteiger partial charge on any atom is 0.0642 e. The Labute approximate surface area is 97.4 Å². The largest absolute Gasteiger partial charge is 0.378 e. The average Bonchev–Trinajstić information content (AvgIpc) is 2.38. The van der Waals surface area contributed by atoms with Gasteiger partial charge in [0.2, 0.25) is 0 Å². The second-order valence-electron chi connectivity index (χ2n) is 4.05. The van der Waals surface area contributed by atoms with Gasteiger partial charge in [-0.3, -0.25) is 0 Å². The zero-order chi connectivity index (χ0) is 11.2. The van der Waals surface area contributed by atoms with Gasteiger partial charge in [0.1, 0.15) is 0 Å². The van der Waals surface area contributed by atoms with Crippen molar-refractivity contribution >= 4 is 5.69 Å². The first-order valence-electron chi connectivity index (χ1n) is 6.02. The number of anilines is 1. The van der Waals surface area contributed by atoms with E-state index in [-0.39, 0.29) is 0 Å². The number of morpholine rings is 1. The summed E-state index contributed by atoms with van der Waals surface area (Å²) >= 11 is 0. The first-order valence-corrected chi connectivity index (χ1v) is 6.02. The van der Waals surface area contributed by atoms with Crippen LogP contribution in [-0.2, 0) is 11.3 Å². The highest BCUT2D eigenvalue weighted by molar-refractivity contribution is 5.47. The summed E-state index contributed by atoms with van der Waals surface area (Å²) < 4.78 is 5.35. The van der Waals surface area contributed by atoms with E-state index in [1.165, 1.54) is 11.3 Å². The van der Waals surface area contributed by atoms with E-state index in [4.69, 9.17) is 4.74 Å². The van der Waals surface area contributed by atoms with Crippen LogP contribution in [0.2, 0.25) is 0 Å². The summed E-state index contributed by atoms with van der Waals surface area (Å²) in [7, 11) is 0. The molecule has 0 aromatic heterocycles. The molecule has 1 N–H and O–H groups in total. The first kappa shape index (κ1) is 11.4. The molecule has 1 saturated heterocycles. The van der Waals surface area contributed by atoms with Gasteiger partial charge in [0, 0.05) is 25.3 Å². The average molecular weight is 220 g/mol. The lowest BCUT2D eigenvalue weighted by Gasteiger charge is -2.28. The van der Waals surface area contributed by atoms with Gasteiger partial charge in [-0.2, -0.15) is 0 Å². The van der Waals surface area contributed by atoms with E-state index in [9.17, 15) is 0 Å². The van der Waals surface area contributed by atoms with Gasteiger partial charge in [-0.15, -0.1) is 0 Å². The Balaban J connectivity index is 1.95. The van der Waals surface area contributed by atoms with Crippen molar-refractivity contribution in [2.75, 3.05) is 37.7 Å². The van der Waals surface area contributed by atoms with Crippen LogP contribution in [0.3, 0.4) is 0 Å². The van der Waals surface area contributed by atoms with Crippen LogP contribution < -0.4 is 10.2 Å². The molecule has 1 aliphatic rings. The van der Waals surface area contributed by atoms with Gasteiger partial charge in [0.15, 0.2) is 0 Å². The minimum Gasteiger partial charge on any atom is -0.378 e. The minimum atomic E-state index is 0.846. The lowest BCUT2D eigenvalue weighted by Crippen LogP contribution is -2.36. The molecule has 16 heavy (non-hydrogen) atoms. The van der Waals surface area contributed by atoms with E-state index >= 15 is 0 Å². The summed E-state index contributed by atoms with van der Waals surface area (Å²) in [5, 5.41) is 3.33. The van der Waals surface area contributed by atoms with Crippen LogP contribution in [0.4, 0.5) is 5.69 Å². The molecule has 1 heterocycles. The topological polar surface area (TPSA) is 24.5 Å². The molecular weight excluding hydrogens is 200 g/mol. The number of nitrogens with zero attached hydrogens (tertiary/aromatic N) is 1. The molecule has 0 atom stereocenters. The molecule has 3 heteroatoms. The highest BCUT2D eigenvalue weighted by Gasteiger charge is 2.10. The smallest absolute Gasteiger partial charge is 0.0642 e. The maximum atomic E-state index is 5.35. The lowest BCUT2D eigenvalue weighted by atomic mass is 10.2. The molecule has 0 bridgehead atoms. The number of ether oxygens (including phenoxy) is 1. The van der Waals surface area contributed by atoms with Crippen LogP contribution in [0.1, 0.15) is 12.5 Å². The Hall–Kier alpha value is -1.06. The van der Waals surface area contributed by atoms with Gasteiger partial charge in [-0.25, -0.2) is 0 Å². The Morgan fingerprint density at radius 1 is 1.19 bits per heavy atom. The van der Waals surface area contributed by atoms with E-state index < -0.39 is 0 Å². The van der Waals surface area contributed by atoms with Crippen LogP contribution >= 0.6 is 0 Å². The molecule has 0 aliphatic carbocycles. The van der Waals surface area contributed by atoms with Crippen molar-refractivity contribution < 1.29 is 4.74 Å². The Morgan fingerprint density at radius 2 is 1.88 bits per heavy atom. The second kappa shape index (κ2) is 5.87. The van der Waals surface area contributed by atoms with E-state index in [0.29, 0.717) is 0 Å². The number of hydrogen-bond donors (Lipinski definition) is 1. The lowest BCUT2D eigenvalue weighted by molar-refractivity contribution is 0.122. The SMILES string of the molecule is CCNCc1ccc(N2CCOCC2)cc1. The van der Waals surface area contributed by atoms with E-state index in [0.717, 1.165) is 39.4 Å². The van der Waals surface area contributed by atoms with Gasteiger partial charge < -0.3 is 15.0 Å². The van der Waals surface area contributed by atoms with Crippen molar-refractivity contribution in [2.24, 2.45) is 0 Å². The second-order valence-corrected chi connectivity index (χ2v) is 4.05. The highest BCUT2D eigenvalue weighted by Crippen LogP contribution is 2.16. The predicted molar refractivity (Wildman–Crippen MR) is 66.9 cm³/mol. The third-order valence-corrected chi connectivity index (χ3v) is 2.89. The van der Waals surface area contributed by atoms with Crippen molar-refractivity contribution in [3.63, 3.8) is 0 Å². The molecule has 3 nitrogen and oxygen atoms in total. The van der Waals surface area contributed by atoms with Crippen molar-refractivity contribution in [1.82, 2.24) is 5.32 Å². The minimum absolute atomic E-state index is 0.846. The molecule has 0 saturated carbocycles. The Bertz CT molecular complexity index is 304. The van der Waals surface area contributed by atoms with Crippen molar-refractivity contribution in [3.8, 4) is 0 Å². The molecule has 1 aliphatic heterocycles. The van der Waals surface area contributed by atoms with Gasteiger partial charge in [0.25, 0.3) is 0 Å². The normalized spacial score (nSPS) is 16.4. The summed E-state index contributed by atoms with van der Waals surface area (Å²) in [6.07, 6.45) is 0. The molecule has 0 unspecified atom stereocenters. The standard InChI is InChI=1S/C13H20N2O/c1-2-14-11-12-3-5-13(6-4-12)15-7-9-16-10-8-15/h3-6,14H,2,7-11H2,1H3. The third-order valence-electron chi connectivity index (χ3n) is 2.89. The fraction of sp³-hybridized carbons (Fsp3) is 0.538. The number of rotatable bonds is 4. The molecule has 0 radical (unpaired) electrons. The van der Waals surface area contributed by atoms with Crippen LogP contribution in [0, 0.1) is 0 Å². The fourth-order valence-corrected chi connectivity index (χ4v) is 1.92. The fourth-order valence-electron chi connectivity index (χ4n) is 1.92. The summed E-state index contributed by atoms with van der Waals surface area (Å²) in [6, 6.07) is 8.82. The van der Waals surface area contributed by atoms with Crippen LogP contribution in [-0.4, -0.2) is 32.8 Å². The van der Waals surface area contributed by atoms with Crippen LogP contribution in [0.15, 0.2) is 24.3 Å². The molecular formula is C13H20N2O. The predicted octanol–water partition coefficient (Wildman–Crippen LogP) is 1.63. The van der Waals surface area contributed by atoms with Gasteiger partial charge in [0.05, 0.1) is 13.2 Å². The summed E-state index contributed by atoms with van der Waals surface area (Å²) in [4.78, 5) is 2.38. The van der Waals surface area contributed by atoms with Crippen LogP contribution in [0.25, 0.3) is 0 Å². The number of nitrogens with one attached hydrogen (secondary N) is 1. The monoisotopic (exact) mass is 220 g/mol. The van der Waals surface area contributed by atoms with Gasteiger partial charge in [-0.1, -0.05) is 19.1 Å². The zero-order valence-corrected chi connectivity index (χ0v) is 9.91. The number of benzene rings is 1. The van der Waals surface area contributed by atoms with Crippen molar-refractivity contribution in [3.05, 3.63) is 29.8 Å². The molecule has 1 fully saturated rings. The van der Waals surface area contributed by atoms with Crippen molar-refractivity contribution in [1.29, 1.82) is 0 Å². The summed E-state index contributed by atoms with van der Waals surface area (Å²) in [5.74, 6) is 0. The molecule has 88 valence electrons. The van der Waals surface area contributed by atoms with Gasteiger partial charge in [-0.05, 0) is 24.2 Å². The van der Waals surface area contributed by atoms with E-state index in [2.05, 4.69) is 41.4 Å². The summed E-state index contributed by atoms with van der Waals surface area (Å²) in [5.41, 5.74) is 2.66. The maximum absolute atomic E-state index is 5.35. The highest BCUT2D eigenvalue weighted by atomic mass is 16.5. The van der Waals surface area contributed by atoms with Crippen molar-refractivity contribution in [2.45, 2.75) is 13.5 Å². The molecule has 0 amide bonds. The molecule has 1 aromatic rings. The van der Waals surface area contributed by atoms with E-state index in [1.807, 2.05) is 0 Å². The zero-order valence-electron chi connectivity index (χ0n) is 9.91. The Morgan fingerprint density at radius 3 is 2.50 bits per heavy atom. The van der Waals surface area contributed by atoms with Gasteiger partial charge >= 0.3 is 0 Å². The Kier molecular flexibility index (Phi) is 4.19. The number of hydrogen-bond acceptors (Lipinski definition) is 3. The van der Waals surface area contributed by atoms with Crippen LogP contribution in [0.5, 0.6) is 0 Å². The van der Waals surface area contributed by atoms with E-state index in [1.54, 1.807) is 0 Å².